The van der Waals surface area contributed by atoms with Crippen molar-refractivity contribution in [2.24, 2.45) is 0 Å². The van der Waals surface area contributed by atoms with Gasteiger partial charge in [-0.3, -0.25) is 9.59 Å². The average Bonchev–Trinajstić information content (AvgIpc) is 2.44. The Morgan fingerprint density at radius 1 is 1.33 bits per heavy atom. The van der Waals surface area contributed by atoms with Crippen LogP contribution in [0.5, 0.6) is 0 Å². The van der Waals surface area contributed by atoms with E-state index in [1.807, 2.05) is 13.8 Å². The molecular formula is C16H23FN2O2. The minimum atomic E-state index is -0.287. The maximum Gasteiger partial charge on any atom is 0.239 e. The third-order valence-electron chi connectivity index (χ3n) is 3.41. The number of benzene rings is 1. The van der Waals surface area contributed by atoms with Crippen LogP contribution in [0.4, 0.5) is 4.39 Å². The second-order valence-corrected chi connectivity index (χ2v) is 5.16. The number of carbonyl (C=O) groups is 2. The van der Waals surface area contributed by atoms with Gasteiger partial charge in [-0.05, 0) is 31.4 Å². The van der Waals surface area contributed by atoms with Gasteiger partial charge in [-0.2, -0.15) is 0 Å². The van der Waals surface area contributed by atoms with E-state index >= 15 is 0 Å². The van der Waals surface area contributed by atoms with Crippen molar-refractivity contribution in [1.82, 2.24) is 10.2 Å². The van der Waals surface area contributed by atoms with Crippen LogP contribution >= 0.6 is 0 Å². The van der Waals surface area contributed by atoms with Crippen LogP contribution in [0.15, 0.2) is 24.3 Å². The van der Waals surface area contributed by atoms with E-state index in [9.17, 15) is 14.0 Å². The normalized spacial score (nSPS) is 11.8. The molecule has 2 amide bonds. The first kappa shape index (κ1) is 17.1. The van der Waals surface area contributed by atoms with Gasteiger partial charge < -0.3 is 10.2 Å². The summed E-state index contributed by atoms with van der Waals surface area (Å²) in [5.41, 5.74) is 0.547. The van der Waals surface area contributed by atoms with Crippen LogP contribution in [-0.2, 0) is 16.0 Å². The van der Waals surface area contributed by atoms with E-state index in [2.05, 4.69) is 5.32 Å². The van der Waals surface area contributed by atoms with E-state index < -0.39 is 0 Å². The number of halogens is 1. The Balaban J connectivity index is 2.56. The summed E-state index contributed by atoms with van der Waals surface area (Å²) in [6, 6.07) is 6.54. The minimum Gasteiger partial charge on any atom is -0.352 e. The summed E-state index contributed by atoms with van der Waals surface area (Å²) in [5, 5.41) is 2.82. The van der Waals surface area contributed by atoms with Crippen molar-refractivity contribution in [3.05, 3.63) is 35.6 Å². The highest BCUT2D eigenvalue weighted by atomic mass is 19.1. The lowest BCUT2D eigenvalue weighted by atomic mass is 10.1. The molecule has 21 heavy (non-hydrogen) atoms. The van der Waals surface area contributed by atoms with Gasteiger partial charge in [0.25, 0.3) is 0 Å². The second-order valence-electron chi connectivity index (χ2n) is 5.16. The molecule has 0 aliphatic carbocycles. The summed E-state index contributed by atoms with van der Waals surface area (Å²) in [4.78, 5) is 24.9. The number of rotatable bonds is 7. The molecule has 1 atom stereocenters. The molecule has 0 spiro atoms. The average molecular weight is 294 g/mol. The molecule has 0 saturated carbocycles. The fourth-order valence-electron chi connectivity index (χ4n) is 1.90. The number of carbonyl (C=O) groups excluding carboxylic acids is 2. The van der Waals surface area contributed by atoms with E-state index in [0.717, 1.165) is 6.42 Å². The molecule has 1 N–H and O–H groups in total. The lowest BCUT2D eigenvalue weighted by molar-refractivity contribution is -0.134. The van der Waals surface area contributed by atoms with Gasteiger partial charge in [-0.15, -0.1) is 0 Å². The number of amides is 2. The molecule has 0 saturated heterocycles. The highest BCUT2D eigenvalue weighted by Gasteiger charge is 2.15. The smallest absolute Gasteiger partial charge is 0.239 e. The zero-order valence-corrected chi connectivity index (χ0v) is 12.9. The maximum atomic E-state index is 13.5. The summed E-state index contributed by atoms with van der Waals surface area (Å²) < 4.78 is 13.5. The number of hydrogen-bond acceptors (Lipinski definition) is 2. The van der Waals surface area contributed by atoms with Crippen molar-refractivity contribution < 1.29 is 14.0 Å². The maximum absolute atomic E-state index is 13.5. The fourth-order valence-corrected chi connectivity index (χ4v) is 1.90. The van der Waals surface area contributed by atoms with Crippen molar-refractivity contribution >= 4 is 11.8 Å². The Bertz CT molecular complexity index is 491. The Kier molecular flexibility index (Phi) is 6.85. The van der Waals surface area contributed by atoms with E-state index in [1.54, 1.807) is 18.2 Å². The Morgan fingerprint density at radius 2 is 2.00 bits per heavy atom. The predicted molar refractivity (Wildman–Crippen MR) is 80.3 cm³/mol. The van der Waals surface area contributed by atoms with Crippen LogP contribution in [0.1, 0.15) is 32.8 Å². The third-order valence-corrected chi connectivity index (χ3v) is 3.41. The van der Waals surface area contributed by atoms with Crippen molar-refractivity contribution in [3.63, 3.8) is 0 Å². The molecule has 1 aromatic carbocycles. The van der Waals surface area contributed by atoms with Crippen LogP contribution in [0.25, 0.3) is 0 Å². The molecule has 0 aliphatic rings. The number of hydrogen-bond donors (Lipinski definition) is 1. The molecule has 0 bridgehead atoms. The van der Waals surface area contributed by atoms with Gasteiger partial charge in [0.15, 0.2) is 0 Å². The van der Waals surface area contributed by atoms with E-state index in [1.165, 1.54) is 17.9 Å². The second kappa shape index (κ2) is 8.39. The van der Waals surface area contributed by atoms with Crippen molar-refractivity contribution in [1.29, 1.82) is 0 Å². The largest absolute Gasteiger partial charge is 0.352 e. The summed E-state index contributed by atoms with van der Waals surface area (Å²) >= 11 is 0. The third kappa shape index (κ3) is 5.94. The van der Waals surface area contributed by atoms with Crippen LogP contribution < -0.4 is 5.32 Å². The van der Waals surface area contributed by atoms with E-state index in [-0.39, 0.29) is 30.2 Å². The summed E-state index contributed by atoms with van der Waals surface area (Å²) in [5.74, 6) is -0.663. The van der Waals surface area contributed by atoms with Crippen molar-refractivity contribution in [2.75, 3.05) is 13.1 Å². The molecule has 0 heterocycles. The Labute approximate surface area is 125 Å². The minimum absolute atomic E-state index is 0.00806. The van der Waals surface area contributed by atoms with E-state index in [4.69, 9.17) is 0 Å². The van der Waals surface area contributed by atoms with Gasteiger partial charge in [0, 0.05) is 19.5 Å². The van der Waals surface area contributed by atoms with Crippen molar-refractivity contribution in [2.45, 2.75) is 39.7 Å². The predicted octanol–water partition coefficient (Wildman–Crippen LogP) is 2.13. The molecule has 0 radical (unpaired) electrons. The number of nitrogens with zero attached hydrogens (tertiary/aromatic N) is 1. The van der Waals surface area contributed by atoms with Gasteiger partial charge >= 0.3 is 0 Å². The lowest BCUT2D eigenvalue weighted by Crippen LogP contribution is -2.43. The summed E-state index contributed by atoms with van der Waals surface area (Å²) in [6.07, 6.45) is 1.23. The molecule has 0 aliphatic heterocycles. The van der Waals surface area contributed by atoms with Gasteiger partial charge in [-0.25, -0.2) is 4.39 Å². The first-order chi connectivity index (χ1) is 9.93. The monoisotopic (exact) mass is 294 g/mol. The first-order valence-electron chi connectivity index (χ1n) is 7.22. The highest BCUT2D eigenvalue weighted by molar-refractivity contribution is 5.83. The quantitative estimate of drug-likeness (QED) is 0.837. The Morgan fingerprint density at radius 3 is 2.57 bits per heavy atom. The fraction of sp³-hybridized carbons (Fsp3) is 0.500. The molecule has 4 nitrogen and oxygen atoms in total. The SMILES string of the molecule is CCC(C)NC(=O)CN(CCc1ccccc1F)C(C)=O. The zero-order valence-electron chi connectivity index (χ0n) is 12.9. The van der Waals surface area contributed by atoms with Gasteiger partial charge in [-0.1, -0.05) is 25.1 Å². The summed E-state index contributed by atoms with van der Waals surface area (Å²) in [6.45, 7) is 5.64. The van der Waals surface area contributed by atoms with E-state index in [0.29, 0.717) is 18.5 Å². The molecule has 1 aromatic rings. The van der Waals surface area contributed by atoms with Crippen LogP contribution in [-0.4, -0.2) is 35.8 Å². The van der Waals surface area contributed by atoms with Gasteiger partial charge in [0.1, 0.15) is 5.82 Å². The number of nitrogens with one attached hydrogen (secondary N) is 1. The molecular weight excluding hydrogens is 271 g/mol. The molecule has 1 unspecified atom stereocenters. The molecule has 0 aromatic heterocycles. The highest BCUT2D eigenvalue weighted by Crippen LogP contribution is 2.08. The first-order valence-corrected chi connectivity index (χ1v) is 7.22. The molecule has 0 fully saturated rings. The van der Waals surface area contributed by atoms with Gasteiger partial charge in [0.2, 0.25) is 11.8 Å². The van der Waals surface area contributed by atoms with Crippen LogP contribution in [0.2, 0.25) is 0 Å². The molecule has 116 valence electrons. The Hall–Kier alpha value is -1.91. The van der Waals surface area contributed by atoms with Crippen LogP contribution in [0, 0.1) is 5.82 Å². The topological polar surface area (TPSA) is 49.4 Å². The summed E-state index contributed by atoms with van der Waals surface area (Å²) in [7, 11) is 0. The lowest BCUT2D eigenvalue weighted by Gasteiger charge is -2.22. The van der Waals surface area contributed by atoms with Crippen LogP contribution in [0.3, 0.4) is 0 Å². The zero-order chi connectivity index (χ0) is 15.8. The van der Waals surface area contributed by atoms with Crippen molar-refractivity contribution in [3.8, 4) is 0 Å². The standard InChI is InChI=1S/C16H23FN2O2/c1-4-12(2)18-16(21)11-19(13(3)20)10-9-14-7-5-6-8-15(14)17/h5-8,12H,4,9-11H2,1-3H3,(H,18,21). The molecule has 5 heteroatoms. The van der Waals surface area contributed by atoms with Gasteiger partial charge in [0.05, 0.1) is 6.54 Å². The molecule has 1 rings (SSSR count).